The Morgan fingerprint density at radius 2 is 0.476 bits per heavy atom. The summed E-state index contributed by atoms with van der Waals surface area (Å²) in [4.78, 5) is 10.6. The molecule has 84 heavy (non-hydrogen) atoms. The second-order valence-corrected chi connectivity index (χ2v) is 21.7. The van der Waals surface area contributed by atoms with Crippen molar-refractivity contribution in [3.05, 3.63) is 315 Å². The van der Waals surface area contributed by atoms with Crippen LogP contribution < -0.4 is 0 Å². The number of aromatic nitrogens is 4. The monoisotopic (exact) mass is 1070 g/mol. The van der Waals surface area contributed by atoms with Gasteiger partial charge in [0.2, 0.25) is 0 Å². The summed E-state index contributed by atoms with van der Waals surface area (Å²) < 4.78 is 4.78. The highest BCUT2D eigenvalue weighted by Gasteiger charge is 2.19. The molecule has 0 aliphatic heterocycles. The second kappa shape index (κ2) is 20.4. The van der Waals surface area contributed by atoms with Crippen molar-refractivity contribution >= 4 is 54.6 Å². The number of nitrogens with zero attached hydrogens (tertiary/aromatic N) is 4. The molecule has 0 unspecified atom stereocenters. The van der Waals surface area contributed by atoms with Crippen molar-refractivity contribution in [2.75, 3.05) is 0 Å². The molecule has 4 nitrogen and oxygen atoms in total. The first-order valence-electron chi connectivity index (χ1n) is 28.7. The van der Waals surface area contributed by atoms with Crippen LogP contribution in [0.5, 0.6) is 0 Å². The van der Waals surface area contributed by atoms with Crippen molar-refractivity contribution in [3.63, 3.8) is 0 Å². The molecule has 392 valence electrons. The van der Waals surface area contributed by atoms with E-state index in [2.05, 4.69) is 300 Å². The Morgan fingerprint density at radius 1 is 0.190 bits per heavy atom. The van der Waals surface area contributed by atoms with Gasteiger partial charge in [0.05, 0.1) is 44.5 Å². The average molecular weight is 1070 g/mol. The standard InChI is InChI=1S/C80H52N4/c1-3-17-57(18-4-1)65-21-7-9-23-67(65)61-43-49-77-71(51-61)69-25-11-15-29-75(69)83(77)63-45-39-55(40-46-63)53-31-35-59(36-32-53)79-80(82-74-28-14-13-27-73(74)81-79)60-37-33-54(34-38-60)56-41-47-64(48-42-56)84-76-30-16-12-26-70(76)72-52-62(44-50-78(72)84)68-24-10-8-22-66(68)58-19-5-2-6-20-58/h1-52H. The highest BCUT2D eigenvalue weighted by atomic mass is 15.0. The molecular formula is C80H52N4. The van der Waals surface area contributed by atoms with E-state index in [0.717, 1.165) is 67.2 Å². The first-order chi connectivity index (χ1) is 41.6. The highest BCUT2D eigenvalue weighted by Crippen LogP contribution is 2.42. The summed E-state index contributed by atoms with van der Waals surface area (Å²) in [5, 5.41) is 4.93. The van der Waals surface area contributed by atoms with E-state index in [1.807, 2.05) is 24.3 Å². The summed E-state index contributed by atoms with van der Waals surface area (Å²) in [5.74, 6) is 0. The Morgan fingerprint density at radius 3 is 0.869 bits per heavy atom. The maximum absolute atomic E-state index is 5.28. The molecule has 0 saturated heterocycles. The van der Waals surface area contributed by atoms with E-state index in [1.165, 1.54) is 88.1 Å². The van der Waals surface area contributed by atoms with E-state index in [1.54, 1.807) is 0 Å². The van der Waals surface area contributed by atoms with Gasteiger partial charge in [-0.2, -0.15) is 0 Å². The van der Waals surface area contributed by atoms with Crippen LogP contribution in [0.1, 0.15) is 0 Å². The van der Waals surface area contributed by atoms with E-state index in [4.69, 9.17) is 9.97 Å². The Labute approximate surface area is 487 Å². The van der Waals surface area contributed by atoms with E-state index >= 15 is 0 Å². The van der Waals surface area contributed by atoms with Gasteiger partial charge < -0.3 is 9.13 Å². The van der Waals surface area contributed by atoms with Gasteiger partial charge >= 0.3 is 0 Å². The van der Waals surface area contributed by atoms with Crippen molar-refractivity contribution in [3.8, 4) is 101 Å². The fraction of sp³-hybridized carbons (Fsp3) is 0. The molecule has 0 spiro atoms. The molecule has 0 aliphatic rings. The minimum absolute atomic E-state index is 0.851. The lowest BCUT2D eigenvalue weighted by molar-refractivity contribution is 1.18. The Hall–Kier alpha value is -11.2. The van der Waals surface area contributed by atoms with Crippen LogP contribution in [0.25, 0.3) is 155 Å². The third-order valence-electron chi connectivity index (χ3n) is 16.8. The van der Waals surface area contributed by atoms with Crippen LogP contribution in [-0.2, 0) is 0 Å². The van der Waals surface area contributed by atoms with Gasteiger partial charge in [-0.15, -0.1) is 0 Å². The first kappa shape index (κ1) is 48.7. The summed E-state index contributed by atoms with van der Waals surface area (Å²) in [7, 11) is 0. The third-order valence-corrected chi connectivity index (χ3v) is 16.8. The van der Waals surface area contributed by atoms with Crippen molar-refractivity contribution in [2.24, 2.45) is 0 Å². The average Bonchev–Trinajstić information content (AvgIpc) is 2.31. The lowest BCUT2D eigenvalue weighted by atomic mass is 9.94. The van der Waals surface area contributed by atoms with Crippen molar-refractivity contribution < 1.29 is 0 Å². The quantitative estimate of drug-likeness (QED) is 0.137. The number of fused-ring (bicyclic) bond motifs is 7. The van der Waals surface area contributed by atoms with Gasteiger partial charge in [0.15, 0.2) is 0 Å². The lowest BCUT2D eigenvalue weighted by Gasteiger charge is -2.13. The van der Waals surface area contributed by atoms with Crippen LogP contribution >= 0.6 is 0 Å². The summed E-state index contributed by atoms with van der Waals surface area (Å²) in [6.45, 7) is 0. The zero-order valence-corrected chi connectivity index (χ0v) is 45.8. The number of benzene rings is 13. The Kier molecular flexibility index (Phi) is 11.8. The summed E-state index contributed by atoms with van der Waals surface area (Å²) in [6.07, 6.45) is 0. The van der Waals surface area contributed by atoms with Gasteiger partial charge in [0.1, 0.15) is 0 Å². The first-order valence-corrected chi connectivity index (χ1v) is 28.7. The summed E-state index contributed by atoms with van der Waals surface area (Å²) >= 11 is 0. The third kappa shape index (κ3) is 8.47. The predicted molar refractivity (Wildman–Crippen MR) is 352 cm³/mol. The molecule has 16 rings (SSSR count). The largest absolute Gasteiger partial charge is 0.309 e. The number of para-hydroxylation sites is 4. The minimum Gasteiger partial charge on any atom is -0.309 e. The van der Waals surface area contributed by atoms with Gasteiger partial charge in [-0.3, -0.25) is 0 Å². The van der Waals surface area contributed by atoms with E-state index < -0.39 is 0 Å². The van der Waals surface area contributed by atoms with Gasteiger partial charge in [-0.05, 0) is 140 Å². The predicted octanol–water partition coefficient (Wildman–Crippen LogP) is 21.2. The van der Waals surface area contributed by atoms with Gasteiger partial charge in [-0.25, -0.2) is 9.97 Å². The SMILES string of the molecule is c1ccc(-c2ccccc2-c2ccc3c(c2)c2ccccc2n3-c2ccc(-c3ccc(-c4nc5ccccc5nc4-c4ccc(-c5ccc(-n6c7ccccc7c7cc(-c8ccccc8-c8ccccc8)ccc76)cc5)cc4)cc3)cc2)cc1. The molecule has 3 aromatic heterocycles. The van der Waals surface area contributed by atoms with Crippen molar-refractivity contribution in [1.82, 2.24) is 19.1 Å². The number of hydrogen-bond acceptors (Lipinski definition) is 2. The molecule has 0 amide bonds. The van der Waals surface area contributed by atoms with E-state index in [0.29, 0.717) is 0 Å². The highest BCUT2D eigenvalue weighted by molar-refractivity contribution is 6.12. The second-order valence-electron chi connectivity index (χ2n) is 21.7. The van der Waals surface area contributed by atoms with E-state index in [-0.39, 0.29) is 0 Å². The Bertz CT molecular complexity index is 4810. The smallest absolute Gasteiger partial charge is 0.0973 e. The van der Waals surface area contributed by atoms with Crippen molar-refractivity contribution in [2.45, 2.75) is 0 Å². The molecule has 0 N–H and O–H groups in total. The van der Waals surface area contributed by atoms with Crippen LogP contribution in [0.3, 0.4) is 0 Å². The van der Waals surface area contributed by atoms with Gasteiger partial charge in [0, 0.05) is 44.0 Å². The zero-order chi connectivity index (χ0) is 55.5. The van der Waals surface area contributed by atoms with Crippen molar-refractivity contribution in [1.29, 1.82) is 0 Å². The summed E-state index contributed by atoms with van der Waals surface area (Å²) in [5.41, 5.74) is 26.7. The minimum atomic E-state index is 0.851. The summed E-state index contributed by atoms with van der Waals surface area (Å²) in [6, 6.07) is 114. The molecule has 0 radical (unpaired) electrons. The van der Waals surface area contributed by atoms with Crippen LogP contribution in [0.4, 0.5) is 0 Å². The number of hydrogen-bond donors (Lipinski definition) is 0. The Balaban J connectivity index is 0.681. The normalized spacial score (nSPS) is 11.6. The fourth-order valence-corrected chi connectivity index (χ4v) is 12.7. The maximum atomic E-state index is 5.28. The fourth-order valence-electron chi connectivity index (χ4n) is 12.7. The van der Waals surface area contributed by atoms with Crippen LogP contribution in [0.2, 0.25) is 0 Å². The number of rotatable bonds is 10. The molecule has 4 heteroatoms. The van der Waals surface area contributed by atoms with Crippen LogP contribution in [-0.4, -0.2) is 19.1 Å². The van der Waals surface area contributed by atoms with Gasteiger partial charge in [0.25, 0.3) is 0 Å². The van der Waals surface area contributed by atoms with E-state index in [9.17, 15) is 0 Å². The van der Waals surface area contributed by atoms with Crippen LogP contribution in [0.15, 0.2) is 315 Å². The van der Waals surface area contributed by atoms with Crippen LogP contribution in [0, 0.1) is 0 Å². The topological polar surface area (TPSA) is 35.6 Å². The molecule has 16 aromatic rings. The lowest BCUT2D eigenvalue weighted by Crippen LogP contribution is -1.96. The molecule has 0 aliphatic carbocycles. The molecule has 0 fully saturated rings. The molecule has 0 saturated carbocycles. The molecule has 3 heterocycles. The molecular weight excluding hydrogens is 1020 g/mol. The molecule has 0 bridgehead atoms. The maximum Gasteiger partial charge on any atom is 0.0973 e. The molecule has 0 atom stereocenters. The van der Waals surface area contributed by atoms with Gasteiger partial charge in [-0.1, -0.05) is 243 Å². The molecule has 13 aromatic carbocycles. The zero-order valence-electron chi connectivity index (χ0n) is 45.8.